The topological polar surface area (TPSA) is 73.0 Å². The zero-order valence-corrected chi connectivity index (χ0v) is 19.1. The number of anilines is 3. The second kappa shape index (κ2) is 9.44. The predicted octanol–water partition coefficient (Wildman–Crippen LogP) is 3.80. The van der Waals surface area contributed by atoms with Crippen LogP contribution in [-0.2, 0) is 9.59 Å². The van der Waals surface area contributed by atoms with Crippen molar-refractivity contribution in [1.82, 2.24) is 4.90 Å². The first kappa shape index (κ1) is 22.4. The summed E-state index contributed by atoms with van der Waals surface area (Å²) in [6.45, 7) is 2.09. The first-order chi connectivity index (χ1) is 16.5. The van der Waals surface area contributed by atoms with Crippen molar-refractivity contribution in [2.24, 2.45) is 0 Å². The fourth-order valence-corrected chi connectivity index (χ4v) is 5.21. The fourth-order valence-electron chi connectivity index (χ4n) is 5.21. The molecule has 2 saturated heterocycles. The monoisotopic (exact) mass is 464 g/mol. The van der Waals surface area contributed by atoms with E-state index in [0.29, 0.717) is 16.9 Å². The molecular formula is C26H29FN4O3. The highest BCUT2D eigenvalue weighted by Gasteiger charge is 2.40. The number of halogens is 1. The van der Waals surface area contributed by atoms with Gasteiger partial charge in [0.15, 0.2) is 0 Å². The van der Waals surface area contributed by atoms with Gasteiger partial charge in [0.25, 0.3) is 5.91 Å². The molecule has 3 aliphatic rings. The third-order valence-electron chi connectivity index (χ3n) is 6.95. The maximum Gasteiger partial charge on any atom is 0.253 e. The Morgan fingerprint density at radius 1 is 0.912 bits per heavy atom. The number of nitrogens with one attached hydrogen (secondary N) is 1. The average molecular weight is 465 g/mol. The van der Waals surface area contributed by atoms with Gasteiger partial charge in [-0.05, 0) is 81.0 Å². The molecule has 3 aliphatic heterocycles. The van der Waals surface area contributed by atoms with Crippen LogP contribution in [0.15, 0.2) is 42.5 Å². The van der Waals surface area contributed by atoms with Crippen LogP contribution in [0.1, 0.15) is 48.9 Å². The second-order valence-corrected chi connectivity index (χ2v) is 9.24. The minimum atomic E-state index is -0.388. The molecule has 0 aromatic heterocycles. The third kappa shape index (κ3) is 4.36. The summed E-state index contributed by atoms with van der Waals surface area (Å²) < 4.78 is 13.2. The second-order valence-electron chi connectivity index (χ2n) is 9.24. The summed E-state index contributed by atoms with van der Waals surface area (Å²) in [4.78, 5) is 45.0. The minimum Gasteiger partial charge on any atom is -0.358 e. The van der Waals surface area contributed by atoms with Crippen LogP contribution in [0.5, 0.6) is 0 Å². The number of carbonyl (C=O) groups excluding carboxylic acids is 3. The zero-order chi connectivity index (χ0) is 23.7. The number of benzene rings is 2. The van der Waals surface area contributed by atoms with Gasteiger partial charge in [-0.15, -0.1) is 0 Å². The molecule has 0 radical (unpaired) electrons. The van der Waals surface area contributed by atoms with Gasteiger partial charge in [-0.1, -0.05) is 0 Å². The van der Waals surface area contributed by atoms with Crippen LogP contribution in [0.4, 0.5) is 21.5 Å². The Labute approximate surface area is 198 Å². The summed E-state index contributed by atoms with van der Waals surface area (Å²) in [5.41, 5.74) is 2.48. The molecule has 2 aromatic rings. The smallest absolute Gasteiger partial charge is 0.253 e. The van der Waals surface area contributed by atoms with E-state index in [0.717, 1.165) is 63.8 Å². The van der Waals surface area contributed by atoms with E-state index < -0.39 is 0 Å². The molecule has 1 N–H and O–H groups in total. The average Bonchev–Trinajstić information content (AvgIpc) is 2.87. The van der Waals surface area contributed by atoms with Crippen molar-refractivity contribution in [2.75, 3.05) is 41.3 Å². The van der Waals surface area contributed by atoms with Gasteiger partial charge in [0.05, 0.1) is 11.4 Å². The molecule has 34 heavy (non-hydrogen) atoms. The first-order valence-corrected chi connectivity index (χ1v) is 12.1. The van der Waals surface area contributed by atoms with Gasteiger partial charge in [-0.25, -0.2) is 4.39 Å². The number of rotatable bonds is 4. The molecular weight excluding hydrogens is 435 g/mol. The Kier molecular flexibility index (Phi) is 6.22. The Hall–Kier alpha value is -3.42. The number of amides is 3. The normalized spacial score (nSPS) is 20.0. The van der Waals surface area contributed by atoms with Crippen LogP contribution in [-0.4, -0.2) is 54.8 Å². The largest absolute Gasteiger partial charge is 0.358 e. The number of carbonyl (C=O) groups is 3. The van der Waals surface area contributed by atoms with Gasteiger partial charge >= 0.3 is 0 Å². The Balaban J connectivity index is 1.44. The molecule has 8 heteroatoms. The predicted molar refractivity (Wildman–Crippen MR) is 129 cm³/mol. The van der Waals surface area contributed by atoms with E-state index in [9.17, 15) is 18.8 Å². The summed E-state index contributed by atoms with van der Waals surface area (Å²) >= 11 is 0. The number of piperidine rings is 2. The zero-order valence-electron chi connectivity index (χ0n) is 19.1. The third-order valence-corrected chi connectivity index (χ3v) is 6.95. The van der Waals surface area contributed by atoms with E-state index >= 15 is 0 Å². The summed E-state index contributed by atoms with van der Waals surface area (Å²) in [6, 6.07) is 10.7. The lowest BCUT2D eigenvalue weighted by Gasteiger charge is -2.45. The SMILES string of the molecule is O=C(CN1C(=O)[C@H]2CCCCN2c2ccc(C(=O)N3CCCCC3)cc21)Nc1ccc(F)cc1. The van der Waals surface area contributed by atoms with Crippen molar-refractivity contribution in [1.29, 1.82) is 0 Å². The van der Waals surface area contributed by atoms with Gasteiger partial charge < -0.3 is 15.1 Å². The summed E-state index contributed by atoms with van der Waals surface area (Å²) in [5, 5.41) is 2.74. The van der Waals surface area contributed by atoms with E-state index in [1.807, 2.05) is 17.0 Å². The van der Waals surface area contributed by atoms with Gasteiger partial charge in [0.1, 0.15) is 18.4 Å². The van der Waals surface area contributed by atoms with Crippen LogP contribution in [0.25, 0.3) is 0 Å². The van der Waals surface area contributed by atoms with Crippen molar-refractivity contribution >= 4 is 34.8 Å². The number of fused-ring (bicyclic) bond motifs is 3. The minimum absolute atomic E-state index is 0.0357. The van der Waals surface area contributed by atoms with Crippen molar-refractivity contribution in [2.45, 2.75) is 44.6 Å². The molecule has 0 unspecified atom stereocenters. The van der Waals surface area contributed by atoms with Gasteiger partial charge in [0, 0.05) is 30.9 Å². The fraction of sp³-hybridized carbons (Fsp3) is 0.423. The summed E-state index contributed by atoms with van der Waals surface area (Å²) in [6.07, 6.45) is 5.84. The summed E-state index contributed by atoms with van der Waals surface area (Å²) in [5.74, 6) is -0.917. The molecule has 3 amide bonds. The van der Waals surface area contributed by atoms with Gasteiger partial charge in [-0.2, -0.15) is 0 Å². The summed E-state index contributed by atoms with van der Waals surface area (Å²) in [7, 11) is 0. The number of hydrogen-bond donors (Lipinski definition) is 1. The molecule has 0 aliphatic carbocycles. The maximum absolute atomic E-state index is 13.5. The highest BCUT2D eigenvalue weighted by atomic mass is 19.1. The lowest BCUT2D eigenvalue weighted by atomic mass is 9.95. The number of likely N-dealkylation sites (tertiary alicyclic amines) is 1. The number of nitrogens with zero attached hydrogens (tertiary/aromatic N) is 3. The Morgan fingerprint density at radius 2 is 1.65 bits per heavy atom. The van der Waals surface area contributed by atoms with Crippen LogP contribution in [0.2, 0.25) is 0 Å². The van der Waals surface area contributed by atoms with Crippen molar-refractivity contribution in [3.8, 4) is 0 Å². The Bertz CT molecular complexity index is 1100. The van der Waals surface area contributed by atoms with Crippen molar-refractivity contribution in [3.63, 3.8) is 0 Å². The quantitative estimate of drug-likeness (QED) is 0.747. The molecule has 178 valence electrons. The maximum atomic E-state index is 13.5. The van der Waals surface area contributed by atoms with E-state index in [4.69, 9.17) is 0 Å². The molecule has 0 saturated carbocycles. The van der Waals surface area contributed by atoms with E-state index in [-0.39, 0.29) is 36.1 Å². The van der Waals surface area contributed by atoms with E-state index in [2.05, 4.69) is 10.2 Å². The number of hydrogen-bond acceptors (Lipinski definition) is 4. The van der Waals surface area contributed by atoms with Crippen LogP contribution < -0.4 is 15.1 Å². The molecule has 7 nitrogen and oxygen atoms in total. The van der Waals surface area contributed by atoms with E-state index in [1.54, 1.807) is 6.07 Å². The molecule has 1 atom stereocenters. The molecule has 2 aromatic carbocycles. The molecule has 5 rings (SSSR count). The van der Waals surface area contributed by atoms with Gasteiger partial charge in [0.2, 0.25) is 11.8 Å². The Morgan fingerprint density at radius 3 is 2.41 bits per heavy atom. The van der Waals surface area contributed by atoms with Crippen LogP contribution in [0.3, 0.4) is 0 Å². The van der Waals surface area contributed by atoms with Crippen LogP contribution in [0, 0.1) is 5.82 Å². The van der Waals surface area contributed by atoms with E-state index in [1.165, 1.54) is 29.2 Å². The highest BCUT2D eigenvalue weighted by Crippen LogP contribution is 2.40. The molecule has 0 spiro atoms. The van der Waals surface area contributed by atoms with Crippen molar-refractivity contribution < 1.29 is 18.8 Å². The molecule has 2 fully saturated rings. The van der Waals surface area contributed by atoms with Crippen LogP contribution >= 0.6 is 0 Å². The lowest BCUT2D eigenvalue weighted by Crippen LogP contribution is -2.56. The standard InChI is InChI=1S/C26H29FN4O3/c27-19-8-10-20(11-9-19)28-24(32)17-31-23-16-18(25(33)29-13-3-1-4-14-29)7-12-21(23)30-15-5-2-6-22(30)26(31)34/h7-12,16,22H,1-6,13-15,17H2,(H,28,32)/t22-/m1/s1. The lowest BCUT2D eigenvalue weighted by molar-refractivity contribution is -0.123. The van der Waals surface area contributed by atoms with Crippen molar-refractivity contribution in [3.05, 3.63) is 53.8 Å². The van der Waals surface area contributed by atoms with Gasteiger partial charge in [-0.3, -0.25) is 19.3 Å². The highest BCUT2D eigenvalue weighted by molar-refractivity contribution is 6.11. The first-order valence-electron chi connectivity index (χ1n) is 12.1. The molecule has 0 bridgehead atoms. The molecule has 3 heterocycles.